The van der Waals surface area contributed by atoms with Crippen molar-refractivity contribution in [2.75, 3.05) is 25.1 Å². The van der Waals surface area contributed by atoms with Crippen LogP contribution in [-0.2, 0) is 4.79 Å². The second kappa shape index (κ2) is 12.2. The number of rotatable bonds is 11. The van der Waals surface area contributed by atoms with Crippen molar-refractivity contribution < 1.29 is 41.7 Å². The molecule has 0 spiro atoms. The maximum Gasteiger partial charge on any atom is 0.329 e. The molecule has 0 radical (unpaired) electrons. The molecule has 1 aromatic carbocycles. The molecule has 3 heterocycles. The minimum atomic E-state index is -4.13. The van der Waals surface area contributed by atoms with Crippen LogP contribution in [0.2, 0.25) is 0 Å². The Kier molecular flexibility index (Phi) is 8.45. The Morgan fingerprint density at radius 2 is 1.67 bits per heavy atom. The van der Waals surface area contributed by atoms with E-state index in [-0.39, 0.29) is 30.0 Å². The smallest absolute Gasteiger partial charge is 0.329 e. The van der Waals surface area contributed by atoms with Crippen molar-refractivity contribution in [3.8, 4) is 28.8 Å². The summed E-state index contributed by atoms with van der Waals surface area (Å²) in [5.41, 5.74) is 1.06. The number of carbonyl (C=O) groups is 1. The van der Waals surface area contributed by atoms with Crippen LogP contribution >= 0.6 is 0 Å². The molecule has 46 heavy (non-hydrogen) atoms. The van der Waals surface area contributed by atoms with E-state index in [9.17, 15) is 27.5 Å². The van der Waals surface area contributed by atoms with Gasteiger partial charge in [0.1, 0.15) is 17.1 Å². The number of aromatic nitrogens is 3. The Labute approximate surface area is 263 Å². The number of anilines is 1. The van der Waals surface area contributed by atoms with Gasteiger partial charge in [0, 0.05) is 18.3 Å². The predicted molar refractivity (Wildman–Crippen MR) is 160 cm³/mol. The van der Waals surface area contributed by atoms with Crippen molar-refractivity contribution >= 4 is 11.7 Å². The van der Waals surface area contributed by atoms with Gasteiger partial charge in [-0.25, -0.2) is 15.0 Å². The molecule has 3 aliphatic rings. The number of hydrogen-bond donors (Lipinski definition) is 1. The first-order valence-electron chi connectivity index (χ1n) is 15.4. The quantitative estimate of drug-likeness (QED) is 0.227. The molecule has 1 N–H and O–H groups in total. The summed E-state index contributed by atoms with van der Waals surface area (Å²) in [5.74, 6) is -6.99. The molecule has 3 aromatic rings. The summed E-state index contributed by atoms with van der Waals surface area (Å²) in [7, 11) is 1.53. The highest BCUT2D eigenvalue weighted by atomic mass is 19.3. The first-order chi connectivity index (χ1) is 21.8. The van der Waals surface area contributed by atoms with Gasteiger partial charge < -0.3 is 24.2 Å². The molecule has 6 rings (SSSR count). The van der Waals surface area contributed by atoms with Crippen LogP contribution in [-0.4, -0.2) is 69.8 Å². The van der Waals surface area contributed by atoms with Gasteiger partial charge in [-0.3, -0.25) is 4.79 Å². The molecule has 246 valence electrons. The van der Waals surface area contributed by atoms with E-state index in [1.165, 1.54) is 19.5 Å². The molecule has 1 saturated heterocycles. The standard InChI is InChI=1S/C33H36F4N4O5/c1-31(46-28-13-21(9-12-38-28)26(15-29(42)43)20-3-4-20)10-7-23(8-11-31)45-27-14-24(44-2)5-6-25(27)30-39-16-22(17-40-30)41-18-32(34,35)33(36,37)19-41/h5-6,9,12-14,16-17,20,23,26H,3-4,7-8,10-11,15,18-19H2,1-2H3,(H,42,43)/t23-,26?,31-. The molecule has 1 atom stereocenters. The van der Waals surface area contributed by atoms with E-state index in [4.69, 9.17) is 14.2 Å². The lowest BCUT2D eigenvalue weighted by Crippen LogP contribution is -2.40. The molecule has 9 nitrogen and oxygen atoms in total. The van der Waals surface area contributed by atoms with Crippen molar-refractivity contribution in [2.24, 2.45) is 5.92 Å². The van der Waals surface area contributed by atoms with Crippen LogP contribution in [0, 0.1) is 5.92 Å². The van der Waals surface area contributed by atoms with Gasteiger partial charge in [0.25, 0.3) is 0 Å². The van der Waals surface area contributed by atoms with Crippen LogP contribution in [0.1, 0.15) is 63.4 Å². The molecule has 2 aromatic heterocycles. The summed E-state index contributed by atoms with van der Waals surface area (Å²) in [5, 5.41) is 9.40. The first kappa shape index (κ1) is 31.8. The lowest BCUT2D eigenvalue weighted by atomic mass is 9.84. The number of benzene rings is 1. The Bertz CT molecular complexity index is 1550. The maximum atomic E-state index is 13.7. The number of pyridine rings is 1. The zero-order chi connectivity index (χ0) is 32.7. The number of carboxylic acid groups (broad SMARTS) is 1. The van der Waals surface area contributed by atoms with Crippen molar-refractivity contribution in [3.05, 3.63) is 54.5 Å². The van der Waals surface area contributed by atoms with Gasteiger partial charge in [-0.05, 0) is 81.0 Å². The normalized spacial score (nSPS) is 24.3. The fourth-order valence-electron chi connectivity index (χ4n) is 6.29. The summed E-state index contributed by atoms with van der Waals surface area (Å²) in [6.07, 6.45) is 8.89. The summed E-state index contributed by atoms with van der Waals surface area (Å²) in [6.45, 7) is -0.195. The van der Waals surface area contributed by atoms with Gasteiger partial charge in [0.2, 0.25) is 5.88 Å². The molecule has 0 amide bonds. The number of nitrogens with zero attached hydrogens (tertiary/aromatic N) is 4. The van der Waals surface area contributed by atoms with Crippen LogP contribution in [0.5, 0.6) is 17.4 Å². The number of aliphatic carboxylic acids is 1. The molecular weight excluding hydrogens is 608 g/mol. The summed E-state index contributed by atoms with van der Waals surface area (Å²) in [4.78, 5) is 25.3. The second-order valence-corrected chi connectivity index (χ2v) is 12.7. The Balaban J connectivity index is 1.12. The van der Waals surface area contributed by atoms with Crippen molar-refractivity contribution in [1.29, 1.82) is 0 Å². The van der Waals surface area contributed by atoms with E-state index < -0.39 is 36.5 Å². The minimum absolute atomic E-state index is 0.0493. The van der Waals surface area contributed by atoms with Gasteiger partial charge in [-0.1, -0.05) is 0 Å². The lowest BCUT2D eigenvalue weighted by molar-refractivity contribution is -0.172. The highest BCUT2D eigenvalue weighted by molar-refractivity contribution is 5.68. The largest absolute Gasteiger partial charge is 0.497 e. The maximum absolute atomic E-state index is 13.7. The average molecular weight is 645 g/mol. The van der Waals surface area contributed by atoms with Crippen molar-refractivity contribution in [3.63, 3.8) is 0 Å². The summed E-state index contributed by atoms with van der Waals surface area (Å²) >= 11 is 0. The molecule has 0 bridgehead atoms. The Morgan fingerprint density at radius 3 is 2.28 bits per heavy atom. The monoisotopic (exact) mass is 644 g/mol. The predicted octanol–water partition coefficient (Wildman–Crippen LogP) is 6.77. The third kappa shape index (κ3) is 6.82. The lowest BCUT2D eigenvalue weighted by Gasteiger charge is -2.37. The van der Waals surface area contributed by atoms with Gasteiger partial charge >= 0.3 is 17.8 Å². The van der Waals surface area contributed by atoms with E-state index in [1.54, 1.807) is 24.4 Å². The highest BCUT2D eigenvalue weighted by Crippen LogP contribution is 2.46. The topological polar surface area (TPSA) is 107 Å². The number of halogens is 4. The molecular formula is C33H36F4N4O5. The Morgan fingerprint density at radius 1 is 1.00 bits per heavy atom. The average Bonchev–Trinajstić information content (AvgIpc) is 3.83. The minimum Gasteiger partial charge on any atom is -0.497 e. The molecule has 1 unspecified atom stereocenters. The van der Waals surface area contributed by atoms with Crippen molar-refractivity contribution in [1.82, 2.24) is 15.0 Å². The number of alkyl halides is 4. The van der Waals surface area contributed by atoms with Crippen LogP contribution in [0.4, 0.5) is 23.2 Å². The third-order valence-corrected chi connectivity index (χ3v) is 9.15. The summed E-state index contributed by atoms with van der Waals surface area (Å²) in [6, 6.07) is 8.92. The van der Waals surface area contributed by atoms with Crippen LogP contribution < -0.4 is 19.1 Å². The molecule has 3 fully saturated rings. The van der Waals surface area contributed by atoms with Crippen LogP contribution in [0.3, 0.4) is 0 Å². The van der Waals surface area contributed by atoms with E-state index in [2.05, 4.69) is 15.0 Å². The fourth-order valence-corrected chi connectivity index (χ4v) is 6.29. The number of methoxy groups -OCH3 is 1. The molecule has 2 saturated carbocycles. The zero-order valence-corrected chi connectivity index (χ0v) is 25.6. The van der Waals surface area contributed by atoms with Crippen LogP contribution in [0.15, 0.2) is 48.9 Å². The molecule has 1 aliphatic heterocycles. The van der Waals surface area contributed by atoms with E-state index >= 15 is 0 Å². The highest BCUT2D eigenvalue weighted by Gasteiger charge is 2.63. The fraction of sp³-hybridized carbons (Fsp3) is 0.515. The zero-order valence-electron chi connectivity index (χ0n) is 25.6. The Hall–Kier alpha value is -4.16. The van der Waals surface area contributed by atoms with Gasteiger partial charge in [0.15, 0.2) is 5.82 Å². The number of ether oxygens (including phenoxy) is 3. The second-order valence-electron chi connectivity index (χ2n) is 12.7. The molecule has 13 heteroatoms. The number of carboxylic acids is 1. The van der Waals surface area contributed by atoms with E-state index in [0.29, 0.717) is 54.5 Å². The third-order valence-electron chi connectivity index (χ3n) is 9.15. The van der Waals surface area contributed by atoms with Crippen LogP contribution in [0.25, 0.3) is 11.4 Å². The summed E-state index contributed by atoms with van der Waals surface area (Å²) < 4.78 is 73.1. The van der Waals surface area contributed by atoms with E-state index in [0.717, 1.165) is 23.3 Å². The van der Waals surface area contributed by atoms with Gasteiger partial charge in [-0.2, -0.15) is 17.6 Å². The SMILES string of the molecule is COc1ccc(-c2ncc(N3CC(F)(F)C(F)(F)C3)cn2)c(O[C@H]2CC[C@](C)(Oc3cc(C(CC(=O)O)C4CC4)ccn3)CC2)c1. The van der Waals surface area contributed by atoms with E-state index in [1.807, 2.05) is 19.1 Å². The van der Waals surface area contributed by atoms with Gasteiger partial charge in [0.05, 0.1) is 56.4 Å². The molecule has 2 aliphatic carbocycles. The van der Waals surface area contributed by atoms with Crippen molar-refractivity contribution in [2.45, 2.75) is 81.3 Å². The van der Waals surface area contributed by atoms with Gasteiger partial charge in [-0.15, -0.1) is 0 Å². The number of hydrogen-bond acceptors (Lipinski definition) is 8. The first-order valence-corrected chi connectivity index (χ1v) is 15.4.